The van der Waals surface area contributed by atoms with Gasteiger partial charge in [0.2, 0.25) is 0 Å². The summed E-state index contributed by atoms with van der Waals surface area (Å²) in [5.74, 6) is 0.584. The molecule has 106 valence electrons. The van der Waals surface area contributed by atoms with Crippen LogP contribution in [0, 0.1) is 0 Å². The number of benzene rings is 2. The molecular weight excluding hydrogens is 266 g/mol. The Morgan fingerprint density at radius 2 is 1.55 bits per heavy atom. The second-order valence-corrected chi connectivity index (χ2v) is 5.76. The first kappa shape index (κ1) is 15.1. The van der Waals surface area contributed by atoms with Crippen molar-refractivity contribution in [2.24, 2.45) is 0 Å². The van der Waals surface area contributed by atoms with Crippen molar-refractivity contribution in [2.75, 3.05) is 6.54 Å². The summed E-state index contributed by atoms with van der Waals surface area (Å²) in [5.41, 5.74) is 2.69. The lowest BCUT2D eigenvalue weighted by Crippen LogP contribution is -2.21. The highest BCUT2D eigenvalue weighted by molar-refractivity contribution is 6.30. The lowest BCUT2D eigenvalue weighted by atomic mass is 9.98. The van der Waals surface area contributed by atoms with Gasteiger partial charge in [0.05, 0.1) is 0 Å². The summed E-state index contributed by atoms with van der Waals surface area (Å²) in [6, 6.07) is 19.1. The third kappa shape index (κ3) is 4.36. The van der Waals surface area contributed by atoms with Gasteiger partial charge in [-0.1, -0.05) is 61.0 Å². The first-order valence-electron chi connectivity index (χ1n) is 7.20. The molecule has 0 radical (unpaired) electrons. The van der Waals surface area contributed by atoms with Gasteiger partial charge in [-0.15, -0.1) is 0 Å². The van der Waals surface area contributed by atoms with Gasteiger partial charge in [0, 0.05) is 11.1 Å². The van der Waals surface area contributed by atoms with Crippen LogP contribution in [0.5, 0.6) is 0 Å². The Bertz CT molecular complexity index is 507. The zero-order valence-corrected chi connectivity index (χ0v) is 12.9. The van der Waals surface area contributed by atoms with Crippen molar-refractivity contribution in [2.45, 2.75) is 32.2 Å². The topological polar surface area (TPSA) is 12.0 Å². The second-order valence-electron chi connectivity index (χ2n) is 5.33. The predicted octanol–water partition coefficient (Wildman–Crippen LogP) is 5.18. The van der Waals surface area contributed by atoms with Crippen LogP contribution in [0.4, 0.5) is 0 Å². The van der Waals surface area contributed by atoms with Gasteiger partial charge in [0.15, 0.2) is 0 Å². The molecule has 0 fully saturated rings. The lowest BCUT2D eigenvalue weighted by Gasteiger charge is -2.17. The summed E-state index contributed by atoms with van der Waals surface area (Å²) in [6.07, 6.45) is 1.14. The van der Waals surface area contributed by atoms with E-state index in [0.29, 0.717) is 12.0 Å². The molecule has 0 aliphatic rings. The van der Waals surface area contributed by atoms with E-state index in [-0.39, 0.29) is 0 Å². The van der Waals surface area contributed by atoms with Crippen molar-refractivity contribution in [3.05, 3.63) is 70.7 Å². The highest BCUT2D eigenvalue weighted by atomic mass is 35.5. The van der Waals surface area contributed by atoms with Gasteiger partial charge >= 0.3 is 0 Å². The van der Waals surface area contributed by atoms with Crippen LogP contribution in [0.3, 0.4) is 0 Å². The van der Waals surface area contributed by atoms with E-state index in [0.717, 1.165) is 18.0 Å². The molecule has 20 heavy (non-hydrogen) atoms. The van der Waals surface area contributed by atoms with Gasteiger partial charge in [-0.3, -0.25) is 0 Å². The van der Waals surface area contributed by atoms with Gasteiger partial charge in [0.25, 0.3) is 0 Å². The van der Waals surface area contributed by atoms with Gasteiger partial charge in [-0.05, 0) is 49.1 Å². The minimum Gasteiger partial charge on any atom is -0.310 e. The molecule has 2 rings (SSSR count). The van der Waals surface area contributed by atoms with E-state index in [1.807, 2.05) is 12.1 Å². The zero-order valence-electron chi connectivity index (χ0n) is 12.1. The predicted molar refractivity (Wildman–Crippen MR) is 87.3 cm³/mol. The van der Waals surface area contributed by atoms with Gasteiger partial charge in [-0.2, -0.15) is 0 Å². The molecule has 2 aromatic carbocycles. The lowest BCUT2D eigenvalue weighted by molar-refractivity contribution is 0.531. The Hall–Kier alpha value is -1.31. The van der Waals surface area contributed by atoms with Crippen molar-refractivity contribution in [1.82, 2.24) is 5.32 Å². The van der Waals surface area contributed by atoms with Crippen LogP contribution < -0.4 is 5.32 Å². The van der Waals surface area contributed by atoms with Gasteiger partial charge in [-0.25, -0.2) is 0 Å². The third-order valence-electron chi connectivity index (χ3n) is 3.77. The average Bonchev–Trinajstić information content (AvgIpc) is 2.48. The SMILES string of the molecule is CC(CCNC(C)c1ccc(Cl)cc1)c1ccccc1. The molecule has 0 heterocycles. The summed E-state index contributed by atoms with van der Waals surface area (Å²) in [4.78, 5) is 0. The first-order valence-corrected chi connectivity index (χ1v) is 7.58. The standard InChI is InChI=1S/C18H22ClN/c1-14(16-6-4-3-5-7-16)12-13-20-15(2)17-8-10-18(19)11-9-17/h3-11,14-15,20H,12-13H2,1-2H3. The summed E-state index contributed by atoms with van der Waals surface area (Å²) < 4.78 is 0. The highest BCUT2D eigenvalue weighted by Gasteiger charge is 2.07. The Morgan fingerprint density at radius 3 is 2.20 bits per heavy atom. The summed E-state index contributed by atoms with van der Waals surface area (Å²) in [5, 5.41) is 4.37. The molecule has 0 aliphatic heterocycles. The number of nitrogens with one attached hydrogen (secondary N) is 1. The smallest absolute Gasteiger partial charge is 0.0406 e. The van der Waals surface area contributed by atoms with E-state index in [1.165, 1.54) is 11.1 Å². The number of hydrogen-bond acceptors (Lipinski definition) is 1. The van der Waals surface area contributed by atoms with Crippen molar-refractivity contribution in [3.63, 3.8) is 0 Å². The molecule has 0 aromatic heterocycles. The molecule has 0 amide bonds. The van der Waals surface area contributed by atoms with E-state index < -0.39 is 0 Å². The van der Waals surface area contributed by atoms with E-state index >= 15 is 0 Å². The molecule has 2 unspecified atom stereocenters. The average molecular weight is 288 g/mol. The monoisotopic (exact) mass is 287 g/mol. The van der Waals surface area contributed by atoms with Crippen LogP contribution in [-0.4, -0.2) is 6.54 Å². The molecule has 2 atom stereocenters. The number of hydrogen-bond donors (Lipinski definition) is 1. The van der Waals surface area contributed by atoms with Crippen molar-refractivity contribution >= 4 is 11.6 Å². The Morgan fingerprint density at radius 1 is 0.900 bits per heavy atom. The molecule has 0 aliphatic carbocycles. The third-order valence-corrected chi connectivity index (χ3v) is 4.02. The molecule has 1 N–H and O–H groups in total. The van der Waals surface area contributed by atoms with E-state index in [4.69, 9.17) is 11.6 Å². The van der Waals surface area contributed by atoms with Crippen LogP contribution in [0.2, 0.25) is 5.02 Å². The van der Waals surface area contributed by atoms with Crippen molar-refractivity contribution in [3.8, 4) is 0 Å². The Labute approximate surface area is 127 Å². The minimum absolute atomic E-state index is 0.357. The second kappa shape index (κ2) is 7.47. The highest BCUT2D eigenvalue weighted by Crippen LogP contribution is 2.19. The van der Waals surface area contributed by atoms with Crippen molar-refractivity contribution in [1.29, 1.82) is 0 Å². The Balaban J connectivity index is 1.79. The van der Waals surface area contributed by atoms with Gasteiger partial charge in [0.1, 0.15) is 0 Å². The summed E-state index contributed by atoms with van der Waals surface area (Å²) in [7, 11) is 0. The van der Waals surface area contributed by atoms with Crippen LogP contribution >= 0.6 is 11.6 Å². The molecule has 0 saturated carbocycles. The molecule has 0 bridgehead atoms. The Kier molecular flexibility index (Phi) is 5.63. The fraction of sp³-hybridized carbons (Fsp3) is 0.333. The van der Waals surface area contributed by atoms with E-state index in [9.17, 15) is 0 Å². The summed E-state index contributed by atoms with van der Waals surface area (Å²) >= 11 is 5.91. The van der Waals surface area contributed by atoms with Crippen LogP contribution in [0.1, 0.15) is 43.4 Å². The number of halogens is 1. The maximum absolute atomic E-state index is 5.91. The van der Waals surface area contributed by atoms with Crippen molar-refractivity contribution < 1.29 is 0 Å². The normalized spacial score (nSPS) is 13.9. The molecule has 1 nitrogen and oxygen atoms in total. The fourth-order valence-electron chi connectivity index (χ4n) is 2.33. The maximum atomic E-state index is 5.91. The zero-order chi connectivity index (χ0) is 14.4. The molecule has 2 heteroatoms. The van der Waals surface area contributed by atoms with Gasteiger partial charge < -0.3 is 5.32 Å². The fourth-order valence-corrected chi connectivity index (χ4v) is 2.46. The first-order chi connectivity index (χ1) is 9.66. The molecular formula is C18H22ClN. The summed E-state index contributed by atoms with van der Waals surface area (Å²) in [6.45, 7) is 5.49. The van der Waals surface area contributed by atoms with E-state index in [2.05, 4.69) is 61.6 Å². The molecule has 0 spiro atoms. The van der Waals surface area contributed by atoms with Crippen LogP contribution in [0.25, 0.3) is 0 Å². The largest absolute Gasteiger partial charge is 0.310 e. The molecule has 2 aromatic rings. The quantitative estimate of drug-likeness (QED) is 0.771. The minimum atomic E-state index is 0.357. The molecule has 0 saturated heterocycles. The number of rotatable bonds is 6. The van der Waals surface area contributed by atoms with Crippen LogP contribution in [0.15, 0.2) is 54.6 Å². The van der Waals surface area contributed by atoms with E-state index in [1.54, 1.807) is 0 Å². The maximum Gasteiger partial charge on any atom is 0.0406 e. The van der Waals surface area contributed by atoms with Crippen LogP contribution in [-0.2, 0) is 0 Å².